The first kappa shape index (κ1) is 30.8. The van der Waals surface area contributed by atoms with Crippen molar-refractivity contribution in [1.29, 1.82) is 0 Å². The van der Waals surface area contributed by atoms with Crippen LogP contribution in [0.1, 0.15) is 34.2 Å². The van der Waals surface area contributed by atoms with E-state index in [1.165, 1.54) is 13.0 Å². The summed E-state index contributed by atoms with van der Waals surface area (Å²) in [5.74, 6) is 0.0798. The maximum atomic E-state index is 13.0. The second kappa shape index (κ2) is 13.6. The van der Waals surface area contributed by atoms with Crippen molar-refractivity contribution in [2.24, 2.45) is 5.73 Å². The number of carbonyl (C=O) groups is 1. The van der Waals surface area contributed by atoms with Gasteiger partial charge in [-0.3, -0.25) is 4.79 Å². The summed E-state index contributed by atoms with van der Waals surface area (Å²) in [5.41, 5.74) is 7.05. The minimum Gasteiger partial charge on any atom is -0.460 e. The molecule has 1 heterocycles. The van der Waals surface area contributed by atoms with Crippen LogP contribution in [0.3, 0.4) is 0 Å². The fourth-order valence-electron chi connectivity index (χ4n) is 3.74. The molecule has 0 fully saturated rings. The van der Waals surface area contributed by atoms with Crippen LogP contribution in [0.5, 0.6) is 0 Å². The van der Waals surface area contributed by atoms with Gasteiger partial charge < -0.3 is 35.9 Å². The summed E-state index contributed by atoms with van der Waals surface area (Å²) >= 11 is 0. The summed E-state index contributed by atoms with van der Waals surface area (Å²) in [6, 6.07) is 18.0. The average molecular weight is 561 g/mol. The molecule has 3 aromatic carbocycles. The standard InChI is InChI=1S/C26H22F3NO4.C3H9NO2/c27-26(28,29)20-8-1-4-16(10-20)11-22-13-18-6-3-9-23(24(18)34-22)17-5-2-7-19(12-17)25(33)30-21(14-31)15-32;1-2(4)3(5)6/h1-10,12-13,21,31-32H,11,14-15H2,(H,30,33);2-3,5-6H,4H2,1H3. The number of nitrogens with one attached hydrogen (secondary N) is 1. The topological polar surface area (TPSA) is 149 Å². The Balaban J connectivity index is 0.000000663. The van der Waals surface area contributed by atoms with Gasteiger partial charge in [0.1, 0.15) is 11.3 Å². The molecule has 0 saturated heterocycles. The van der Waals surface area contributed by atoms with Crippen LogP contribution in [-0.2, 0) is 12.6 Å². The van der Waals surface area contributed by atoms with Gasteiger partial charge in [-0.2, -0.15) is 13.2 Å². The number of carbonyl (C=O) groups excluding carboxylic acids is 1. The predicted molar refractivity (Wildman–Crippen MR) is 143 cm³/mol. The van der Waals surface area contributed by atoms with E-state index in [4.69, 9.17) is 20.4 Å². The summed E-state index contributed by atoms with van der Waals surface area (Å²) in [4.78, 5) is 12.5. The third kappa shape index (κ3) is 8.13. The number of aliphatic hydroxyl groups excluding tert-OH is 3. The number of aliphatic hydroxyl groups is 4. The number of nitrogens with two attached hydrogens (primary N) is 1. The van der Waals surface area contributed by atoms with Gasteiger partial charge >= 0.3 is 6.18 Å². The number of alkyl halides is 3. The molecule has 0 saturated carbocycles. The summed E-state index contributed by atoms with van der Waals surface area (Å²) < 4.78 is 45.1. The van der Waals surface area contributed by atoms with Gasteiger partial charge in [0.25, 0.3) is 5.91 Å². The Morgan fingerprint density at radius 1 is 0.975 bits per heavy atom. The highest BCUT2D eigenvalue weighted by atomic mass is 19.4. The normalized spacial score (nSPS) is 12.4. The van der Waals surface area contributed by atoms with Crippen LogP contribution in [0.15, 0.2) is 77.2 Å². The summed E-state index contributed by atoms with van der Waals surface area (Å²) in [6.07, 6.45) is -5.59. The monoisotopic (exact) mass is 560 g/mol. The molecule has 0 bridgehead atoms. The highest BCUT2D eigenvalue weighted by molar-refractivity contribution is 5.98. The molecule has 0 aliphatic heterocycles. The Morgan fingerprint density at radius 3 is 2.25 bits per heavy atom. The first-order valence-electron chi connectivity index (χ1n) is 12.3. The van der Waals surface area contributed by atoms with Gasteiger partial charge in [-0.1, -0.05) is 48.5 Å². The smallest absolute Gasteiger partial charge is 0.416 e. The molecule has 1 atom stereocenters. The lowest BCUT2D eigenvalue weighted by Gasteiger charge is -2.13. The minimum absolute atomic E-state index is 0.199. The van der Waals surface area contributed by atoms with E-state index in [0.29, 0.717) is 28.0 Å². The van der Waals surface area contributed by atoms with E-state index in [1.807, 2.05) is 24.3 Å². The van der Waals surface area contributed by atoms with Gasteiger partial charge in [-0.25, -0.2) is 0 Å². The molecule has 1 aromatic heterocycles. The van der Waals surface area contributed by atoms with Crippen molar-refractivity contribution in [2.75, 3.05) is 13.2 Å². The Morgan fingerprint density at radius 2 is 1.62 bits per heavy atom. The molecule has 1 amide bonds. The van der Waals surface area contributed by atoms with Gasteiger partial charge in [0.2, 0.25) is 0 Å². The number of hydrogen-bond acceptors (Lipinski definition) is 7. The van der Waals surface area contributed by atoms with Crippen molar-refractivity contribution < 1.29 is 42.8 Å². The summed E-state index contributed by atoms with van der Waals surface area (Å²) in [6.45, 7) is 0.745. The molecule has 0 aliphatic rings. The highest BCUT2D eigenvalue weighted by Crippen LogP contribution is 2.33. The molecule has 214 valence electrons. The largest absolute Gasteiger partial charge is 0.460 e. The van der Waals surface area contributed by atoms with Crippen molar-refractivity contribution in [3.05, 3.63) is 95.2 Å². The maximum absolute atomic E-state index is 13.0. The van der Waals surface area contributed by atoms with Gasteiger partial charge in [0.15, 0.2) is 6.29 Å². The molecule has 4 rings (SSSR count). The number of halogens is 3. The van der Waals surface area contributed by atoms with Gasteiger partial charge in [0, 0.05) is 22.9 Å². The predicted octanol–water partition coefficient (Wildman–Crippen LogP) is 3.44. The summed E-state index contributed by atoms with van der Waals surface area (Å²) in [5, 5.41) is 37.8. The summed E-state index contributed by atoms with van der Waals surface area (Å²) in [7, 11) is 0. The lowest BCUT2D eigenvalue weighted by Crippen LogP contribution is -2.40. The molecular weight excluding hydrogens is 529 g/mol. The van der Waals surface area contributed by atoms with Gasteiger partial charge in [0.05, 0.1) is 30.9 Å². The van der Waals surface area contributed by atoms with Crippen LogP contribution in [0, 0.1) is 0 Å². The number of rotatable bonds is 8. The Bertz CT molecular complexity index is 1410. The van der Waals surface area contributed by atoms with E-state index < -0.39 is 36.0 Å². The van der Waals surface area contributed by atoms with Crippen molar-refractivity contribution in [1.82, 2.24) is 5.32 Å². The fraction of sp³-hybridized carbons (Fsp3) is 0.276. The van der Waals surface area contributed by atoms with E-state index in [-0.39, 0.29) is 19.6 Å². The van der Waals surface area contributed by atoms with Gasteiger partial charge in [-0.05, 0) is 42.3 Å². The van der Waals surface area contributed by atoms with Crippen molar-refractivity contribution >= 4 is 16.9 Å². The van der Waals surface area contributed by atoms with Crippen LogP contribution in [0.25, 0.3) is 22.1 Å². The van der Waals surface area contributed by atoms with E-state index in [1.54, 1.807) is 30.3 Å². The van der Waals surface area contributed by atoms with Crippen molar-refractivity contribution in [2.45, 2.75) is 37.9 Å². The zero-order chi connectivity index (χ0) is 29.4. The quantitative estimate of drug-likeness (QED) is 0.181. The lowest BCUT2D eigenvalue weighted by molar-refractivity contribution is -0.137. The zero-order valence-electron chi connectivity index (χ0n) is 21.6. The van der Waals surface area contributed by atoms with Crippen LogP contribution in [0.4, 0.5) is 13.2 Å². The van der Waals surface area contributed by atoms with E-state index in [0.717, 1.165) is 23.1 Å². The molecule has 1 unspecified atom stereocenters. The molecule has 40 heavy (non-hydrogen) atoms. The SMILES string of the molecule is CC(N)C(O)O.O=C(NC(CO)CO)c1cccc(-c2cccc3cc(Cc4cccc(C(F)(F)F)c4)oc23)c1. The average Bonchev–Trinajstić information content (AvgIpc) is 3.34. The van der Waals surface area contributed by atoms with Crippen molar-refractivity contribution in [3.8, 4) is 11.1 Å². The maximum Gasteiger partial charge on any atom is 0.416 e. The molecule has 0 spiro atoms. The van der Waals surface area contributed by atoms with Crippen LogP contribution in [-0.4, -0.2) is 57.9 Å². The zero-order valence-corrected chi connectivity index (χ0v) is 21.6. The number of para-hydroxylation sites is 1. The second-order valence-electron chi connectivity index (χ2n) is 9.20. The molecule has 4 aromatic rings. The molecule has 0 radical (unpaired) electrons. The van der Waals surface area contributed by atoms with Crippen LogP contribution < -0.4 is 11.1 Å². The third-order valence-electron chi connectivity index (χ3n) is 5.91. The molecule has 0 aliphatic carbocycles. The molecule has 8 nitrogen and oxygen atoms in total. The van der Waals surface area contributed by atoms with E-state index >= 15 is 0 Å². The number of benzene rings is 3. The number of hydrogen-bond donors (Lipinski definition) is 6. The lowest BCUT2D eigenvalue weighted by atomic mass is 10.0. The molecular formula is C29H31F3N2O6. The van der Waals surface area contributed by atoms with Crippen LogP contribution in [0.2, 0.25) is 0 Å². The Labute approximate surface area is 228 Å². The van der Waals surface area contributed by atoms with Gasteiger partial charge in [-0.15, -0.1) is 0 Å². The van der Waals surface area contributed by atoms with E-state index in [9.17, 15) is 28.2 Å². The van der Waals surface area contributed by atoms with Crippen LogP contribution >= 0.6 is 0 Å². The third-order valence-corrected chi connectivity index (χ3v) is 5.91. The van der Waals surface area contributed by atoms with Crippen molar-refractivity contribution in [3.63, 3.8) is 0 Å². The second-order valence-corrected chi connectivity index (χ2v) is 9.20. The molecule has 7 N–H and O–H groups in total. The highest BCUT2D eigenvalue weighted by Gasteiger charge is 2.30. The minimum atomic E-state index is -4.41. The first-order valence-corrected chi connectivity index (χ1v) is 12.3. The number of amides is 1. The Kier molecular flexibility index (Phi) is 10.4. The van der Waals surface area contributed by atoms with E-state index in [2.05, 4.69) is 5.32 Å². The number of furan rings is 1. The Hall–Kier alpha value is -3.74. The molecule has 11 heteroatoms. The first-order chi connectivity index (χ1) is 18.9. The fourth-order valence-corrected chi connectivity index (χ4v) is 3.74. The number of fused-ring (bicyclic) bond motifs is 1.